The zero-order chi connectivity index (χ0) is 13.0. The molecule has 0 radical (unpaired) electrons. The molecule has 2 rings (SSSR count). The maximum absolute atomic E-state index is 13.1. The van der Waals surface area contributed by atoms with Gasteiger partial charge in [-0.2, -0.15) is 5.26 Å². The molecule has 0 bridgehead atoms. The summed E-state index contributed by atoms with van der Waals surface area (Å²) in [5.41, 5.74) is 1.66. The van der Waals surface area contributed by atoms with Gasteiger partial charge in [0.2, 0.25) is 0 Å². The van der Waals surface area contributed by atoms with Gasteiger partial charge in [-0.15, -0.1) is 0 Å². The van der Waals surface area contributed by atoms with Crippen LogP contribution in [0.15, 0.2) is 48.5 Å². The van der Waals surface area contributed by atoms with Crippen molar-refractivity contribution in [2.24, 2.45) is 0 Å². The normalized spacial score (nSPS) is 11.8. The lowest BCUT2D eigenvalue weighted by molar-refractivity contribution is 0.623. The van der Waals surface area contributed by atoms with Crippen LogP contribution < -0.4 is 0 Å². The summed E-state index contributed by atoms with van der Waals surface area (Å²) in [6.45, 7) is 0. The summed E-state index contributed by atoms with van der Waals surface area (Å²) in [6.07, 6.45) is 0.528. The van der Waals surface area contributed by atoms with Crippen molar-refractivity contribution < 1.29 is 4.39 Å². The van der Waals surface area contributed by atoms with Crippen molar-refractivity contribution in [2.75, 3.05) is 0 Å². The van der Waals surface area contributed by atoms with E-state index >= 15 is 0 Å². The lowest BCUT2D eigenvalue weighted by Gasteiger charge is -2.09. The average Bonchev–Trinajstić information content (AvgIpc) is 2.36. The molecule has 0 amide bonds. The molecule has 1 nitrogen and oxygen atoms in total. The number of rotatable bonds is 3. The Morgan fingerprint density at radius 1 is 1.17 bits per heavy atom. The highest BCUT2D eigenvalue weighted by atomic mass is 35.5. The highest BCUT2D eigenvalue weighted by molar-refractivity contribution is 6.30. The molecule has 0 aliphatic rings. The molecule has 18 heavy (non-hydrogen) atoms. The molecule has 0 N–H and O–H groups in total. The van der Waals surface area contributed by atoms with Crippen LogP contribution in [0, 0.1) is 17.1 Å². The van der Waals surface area contributed by atoms with Crippen LogP contribution in [0.4, 0.5) is 4.39 Å². The van der Waals surface area contributed by atoms with Gasteiger partial charge < -0.3 is 0 Å². The Kier molecular flexibility index (Phi) is 3.96. The molecule has 0 aromatic heterocycles. The highest BCUT2D eigenvalue weighted by Crippen LogP contribution is 2.22. The second-order valence-corrected chi connectivity index (χ2v) is 4.51. The molecule has 1 unspecified atom stereocenters. The van der Waals surface area contributed by atoms with Crippen LogP contribution in [0.5, 0.6) is 0 Å². The molecular weight excluding hydrogens is 249 g/mol. The maximum atomic E-state index is 13.1. The molecule has 0 saturated carbocycles. The third-order valence-electron chi connectivity index (χ3n) is 2.74. The largest absolute Gasteiger partial charge is 0.207 e. The van der Waals surface area contributed by atoms with Crippen LogP contribution in [0.1, 0.15) is 17.0 Å². The molecule has 0 saturated heterocycles. The lowest BCUT2D eigenvalue weighted by Crippen LogP contribution is -2.00. The third kappa shape index (κ3) is 3.09. The van der Waals surface area contributed by atoms with E-state index in [1.807, 2.05) is 18.2 Å². The molecule has 1 atom stereocenters. The van der Waals surface area contributed by atoms with Crippen LogP contribution in [-0.4, -0.2) is 0 Å². The van der Waals surface area contributed by atoms with E-state index in [-0.39, 0.29) is 11.7 Å². The van der Waals surface area contributed by atoms with Crippen molar-refractivity contribution in [1.82, 2.24) is 0 Å². The van der Waals surface area contributed by atoms with E-state index in [1.54, 1.807) is 18.2 Å². The van der Waals surface area contributed by atoms with E-state index < -0.39 is 0 Å². The fourth-order valence-electron chi connectivity index (χ4n) is 1.86. The minimum Gasteiger partial charge on any atom is -0.207 e. The summed E-state index contributed by atoms with van der Waals surface area (Å²) in [5, 5.41) is 9.84. The Hall–Kier alpha value is -1.85. The predicted octanol–water partition coefficient (Wildman–Crippen LogP) is 4.33. The van der Waals surface area contributed by atoms with E-state index in [2.05, 4.69) is 6.07 Å². The summed E-state index contributed by atoms with van der Waals surface area (Å²) in [5.74, 6) is -0.682. The summed E-state index contributed by atoms with van der Waals surface area (Å²) in [6, 6.07) is 15.7. The van der Waals surface area contributed by atoms with Gasteiger partial charge in [-0.25, -0.2) is 4.39 Å². The topological polar surface area (TPSA) is 23.8 Å². The van der Waals surface area contributed by atoms with Crippen LogP contribution in [0.25, 0.3) is 0 Å². The number of nitrogens with zero attached hydrogens (tertiary/aromatic N) is 1. The van der Waals surface area contributed by atoms with Crippen LogP contribution in [0.3, 0.4) is 0 Å². The fraction of sp³-hybridized carbons (Fsp3) is 0.133. The smallest absolute Gasteiger partial charge is 0.123 e. The first-order valence-corrected chi connectivity index (χ1v) is 5.96. The van der Waals surface area contributed by atoms with E-state index in [0.29, 0.717) is 17.0 Å². The van der Waals surface area contributed by atoms with Crippen molar-refractivity contribution in [1.29, 1.82) is 5.26 Å². The zero-order valence-corrected chi connectivity index (χ0v) is 10.4. The van der Waals surface area contributed by atoms with E-state index in [4.69, 9.17) is 11.6 Å². The van der Waals surface area contributed by atoms with Gasteiger partial charge in [-0.3, -0.25) is 0 Å². The molecular formula is C15H11ClFN. The molecule has 2 aromatic carbocycles. The van der Waals surface area contributed by atoms with Crippen LogP contribution in [0.2, 0.25) is 5.02 Å². The van der Waals surface area contributed by atoms with Gasteiger partial charge in [0.25, 0.3) is 0 Å². The van der Waals surface area contributed by atoms with Crippen molar-refractivity contribution >= 4 is 11.6 Å². The number of halogens is 2. The average molecular weight is 260 g/mol. The van der Waals surface area contributed by atoms with Crippen molar-refractivity contribution in [3.05, 3.63) is 70.5 Å². The Labute approximate surface area is 110 Å². The SMILES string of the molecule is N#CC(Cc1cccc(Cl)c1)c1cccc(F)c1. The molecule has 90 valence electrons. The van der Waals surface area contributed by atoms with Gasteiger partial charge in [-0.1, -0.05) is 35.9 Å². The minimum absolute atomic E-state index is 0.321. The van der Waals surface area contributed by atoms with Gasteiger partial charge in [0.15, 0.2) is 0 Å². The molecule has 2 aromatic rings. The summed E-state index contributed by atoms with van der Waals surface area (Å²) >= 11 is 5.90. The molecule has 0 aliphatic carbocycles. The quantitative estimate of drug-likeness (QED) is 0.805. The van der Waals surface area contributed by atoms with E-state index in [9.17, 15) is 9.65 Å². The van der Waals surface area contributed by atoms with Crippen molar-refractivity contribution in [2.45, 2.75) is 12.3 Å². The van der Waals surface area contributed by atoms with Crippen molar-refractivity contribution in [3.8, 4) is 6.07 Å². The highest BCUT2D eigenvalue weighted by Gasteiger charge is 2.12. The maximum Gasteiger partial charge on any atom is 0.123 e. The zero-order valence-electron chi connectivity index (χ0n) is 9.61. The first kappa shape index (κ1) is 12.6. The number of nitriles is 1. The Morgan fingerprint density at radius 3 is 2.61 bits per heavy atom. The number of hydrogen-bond acceptors (Lipinski definition) is 1. The van der Waals surface area contributed by atoms with Gasteiger partial charge in [0.1, 0.15) is 5.82 Å². The standard InChI is InChI=1S/C15H11ClFN/c16-14-5-1-3-11(8-14)7-13(10-18)12-4-2-6-15(17)9-12/h1-6,8-9,13H,7H2. The number of hydrogen-bond donors (Lipinski definition) is 0. The first-order chi connectivity index (χ1) is 8.69. The third-order valence-corrected chi connectivity index (χ3v) is 2.97. The van der Waals surface area contributed by atoms with E-state index in [1.165, 1.54) is 12.1 Å². The van der Waals surface area contributed by atoms with Crippen LogP contribution in [-0.2, 0) is 6.42 Å². The predicted molar refractivity (Wildman–Crippen MR) is 69.9 cm³/mol. The Balaban J connectivity index is 2.23. The molecule has 0 fully saturated rings. The van der Waals surface area contributed by atoms with Crippen LogP contribution >= 0.6 is 11.6 Å². The second-order valence-electron chi connectivity index (χ2n) is 4.07. The minimum atomic E-state index is -0.362. The molecule has 0 spiro atoms. The fourth-order valence-corrected chi connectivity index (χ4v) is 2.07. The Bertz CT molecular complexity index is 589. The number of benzene rings is 2. The van der Waals surface area contributed by atoms with Gasteiger partial charge in [0.05, 0.1) is 12.0 Å². The van der Waals surface area contributed by atoms with Gasteiger partial charge in [-0.05, 0) is 41.8 Å². The van der Waals surface area contributed by atoms with Crippen molar-refractivity contribution in [3.63, 3.8) is 0 Å². The Morgan fingerprint density at radius 2 is 1.94 bits per heavy atom. The van der Waals surface area contributed by atoms with E-state index in [0.717, 1.165) is 5.56 Å². The first-order valence-electron chi connectivity index (χ1n) is 5.58. The lowest BCUT2D eigenvalue weighted by atomic mass is 9.93. The summed E-state index contributed by atoms with van der Waals surface area (Å²) in [7, 11) is 0. The molecule has 0 heterocycles. The molecule has 3 heteroatoms. The summed E-state index contributed by atoms with van der Waals surface area (Å²) in [4.78, 5) is 0. The summed E-state index contributed by atoms with van der Waals surface area (Å²) < 4.78 is 13.1. The second kappa shape index (κ2) is 5.66. The monoisotopic (exact) mass is 259 g/mol. The van der Waals surface area contributed by atoms with Gasteiger partial charge >= 0.3 is 0 Å². The van der Waals surface area contributed by atoms with Gasteiger partial charge in [0, 0.05) is 5.02 Å². The molecule has 0 aliphatic heterocycles.